The molecule has 1 saturated heterocycles. The lowest BCUT2D eigenvalue weighted by Crippen LogP contribution is -3.06. The summed E-state index contributed by atoms with van der Waals surface area (Å²) >= 11 is 0. The number of hydrogen-bond donors (Lipinski definition) is 2. The Bertz CT molecular complexity index is 948. The van der Waals surface area contributed by atoms with Crippen molar-refractivity contribution in [1.29, 1.82) is 0 Å². The van der Waals surface area contributed by atoms with Gasteiger partial charge in [0.25, 0.3) is 11.7 Å². The average molecular weight is 395 g/mol. The predicted octanol–water partition coefficient (Wildman–Crippen LogP) is 1.57. The molecule has 6 nitrogen and oxygen atoms in total. The number of nitrogens with zero attached hydrogens (tertiary/aromatic N) is 1. The van der Waals surface area contributed by atoms with Gasteiger partial charge in [-0.05, 0) is 24.6 Å². The van der Waals surface area contributed by atoms with Gasteiger partial charge in [-0.3, -0.25) is 9.59 Å². The fourth-order valence-corrected chi connectivity index (χ4v) is 3.48. The standard InChI is InChI=1S/C23H26N2O4/c1-15-8-10-16(11-9-15)21(26)19-20(17-6-5-7-18(14-17)29-4)25(13-12-24(2)3)23(28)22(19)27/h5-11,14,20,26H,12-13H2,1-4H3/p+1/t20-/m0/s1. The summed E-state index contributed by atoms with van der Waals surface area (Å²) in [6.45, 7) is 3.03. The number of hydrogen-bond acceptors (Lipinski definition) is 4. The third-order valence-electron chi connectivity index (χ3n) is 5.13. The Morgan fingerprint density at radius 1 is 1.14 bits per heavy atom. The Balaban J connectivity index is 2.15. The summed E-state index contributed by atoms with van der Waals surface area (Å²) in [5, 5.41) is 11.0. The predicted molar refractivity (Wildman–Crippen MR) is 111 cm³/mol. The molecule has 1 heterocycles. The molecule has 0 saturated carbocycles. The van der Waals surface area contributed by atoms with E-state index in [0.717, 1.165) is 16.0 Å². The van der Waals surface area contributed by atoms with Gasteiger partial charge in [-0.15, -0.1) is 0 Å². The lowest BCUT2D eigenvalue weighted by Gasteiger charge is -2.26. The topological polar surface area (TPSA) is 71.3 Å². The Morgan fingerprint density at radius 3 is 2.45 bits per heavy atom. The van der Waals surface area contributed by atoms with Gasteiger partial charge in [-0.1, -0.05) is 42.0 Å². The van der Waals surface area contributed by atoms with E-state index < -0.39 is 17.7 Å². The number of aryl methyl sites for hydroxylation is 1. The van der Waals surface area contributed by atoms with Crippen LogP contribution in [0.4, 0.5) is 0 Å². The number of benzene rings is 2. The van der Waals surface area contributed by atoms with Gasteiger partial charge in [0, 0.05) is 5.56 Å². The number of aliphatic hydroxyl groups excluding tert-OH is 1. The van der Waals surface area contributed by atoms with Crippen molar-refractivity contribution in [3.05, 3.63) is 70.8 Å². The Kier molecular flexibility index (Phi) is 6.03. The van der Waals surface area contributed by atoms with Crippen molar-refractivity contribution < 1.29 is 24.3 Å². The van der Waals surface area contributed by atoms with E-state index in [-0.39, 0.29) is 11.3 Å². The van der Waals surface area contributed by atoms with Gasteiger partial charge < -0.3 is 19.6 Å². The number of ketones is 1. The van der Waals surface area contributed by atoms with Gasteiger partial charge >= 0.3 is 0 Å². The van der Waals surface area contributed by atoms with E-state index in [4.69, 9.17) is 4.74 Å². The minimum absolute atomic E-state index is 0.112. The molecule has 0 unspecified atom stereocenters. The van der Waals surface area contributed by atoms with Crippen LogP contribution < -0.4 is 9.64 Å². The van der Waals surface area contributed by atoms with E-state index >= 15 is 0 Å². The van der Waals surface area contributed by atoms with E-state index in [1.807, 2.05) is 45.3 Å². The maximum absolute atomic E-state index is 12.9. The van der Waals surface area contributed by atoms with E-state index in [1.54, 1.807) is 36.3 Å². The number of likely N-dealkylation sites (N-methyl/N-ethyl adjacent to an activating group) is 1. The SMILES string of the molecule is COc1cccc([C@H]2C(=C(O)c3ccc(C)cc3)C(=O)C(=O)N2CC[NH+](C)C)c1. The van der Waals surface area contributed by atoms with Crippen LogP contribution in [0.3, 0.4) is 0 Å². The maximum Gasteiger partial charge on any atom is 0.295 e. The molecule has 1 aliphatic rings. The quantitative estimate of drug-likeness (QED) is 0.443. The number of ether oxygens (including phenoxy) is 1. The Hall–Kier alpha value is -3.12. The van der Waals surface area contributed by atoms with E-state index in [9.17, 15) is 14.7 Å². The van der Waals surface area contributed by atoms with Crippen LogP contribution in [0, 0.1) is 6.92 Å². The summed E-state index contributed by atoms with van der Waals surface area (Å²) in [6, 6.07) is 13.8. The highest BCUT2D eigenvalue weighted by Gasteiger charge is 2.46. The van der Waals surface area contributed by atoms with Crippen molar-refractivity contribution in [3.63, 3.8) is 0 Å². The largest absolute Gasteiger partial charge is 0.507 e. The van der Waals surface area contributed by atoms with E-state index in [1.165, 1.54) is 0 Å². The van der Waals surface area contributed by atoms with Crippen LogP contribution in [0.2, 0.25) is 0 Å². The van der Waals surface area contributed by atoms with E-state index in [0.29, 0.717) is 24.4 Å². The first-order valence-corrected chi connectivity index (χ1v) is 9.62. The van der Waals surface area contributed by atoms with Gasteiger partial charge in [0.2, 0.25) is 0 Å². The Labute approximate surface area is 171 Å². The second-order valence-corrected chi connectivity index (χ2v) is 7.59. The van der Waals surface area contributed by atoms with Gasteiger partial charge in [-0.25, -0.2) is 0 Å². The third-order valence-corrected chi connectivity index (χ3v) is 5.13. The van der Waals surface area contributed by atoms with Crippen LogP contribution >= 0.6 is 0 Å². The van der Waals surface area contributed by atoms with Gasteiger partial charge in [0.15, 0.2) is 0 Å². The molecule has 0 aromatic heterocycles. The van der Waals surface area contributed by atoms with Crippen molar-refractivity contribution in [3.8, 4) is 5.75 Å². The molecule has 1 amide bonds. The third kappa shape index (κ3) is 4.17. The minimum atomic E-state index is -0.662. The Morgan fingerprint density at radius 2 is 1.83 bits per heavy atom. The number of nitrogens with one attached hydrogen (secondary N) is 1. The lowest BCUT2D eigenvalue weighted by molar-refractivity contribution is -0.857. The van der Waals surface area contributed by atoms with Crippen molar-refractivity contribution in [2.24, 2.45) is 0 Å². The molecule has 0 aliphatic carbocycles. The smallest absolute Gasteiger partial charge is 0.295 e. The first-order valence-electron chi connectivity index (χ1n) is 9.62. The van der Waals surface area contributed by atoms with Crippen molar-refractivity contribution in [2.45, 2.75) is 13.0 Å². The number of quaternary nitrogens is 1. The summed E-state index contributed by atoms with van der Waals surface area (Å²) < 4.78 is 5.32. The van der Waals surface area contributed by atoms with Crippen molar-refractivity contribution >= 4 is 17.4 Å². The molecular weight excluding hydrogens is 368 g/mol. The van der Waals surface area contributed by atoms with Crippen molar-refractivity contribution in [1.82, 2.24) is 4.90 Å². The molecule has 1 aliphatic heterocycles. The number of methoxy groups -OCH3 is 1. The number of likely N-dealkylation sites (tertiary alicyclic amines) is 1. The highest BCUT2D eigenvalue weighted by atomic mass is 16.5. The fourth-order valence-electron chi connectivity index (χ4n) is 3.48. The molecule has 3 rings (SSSR count). The summed E-state index contributed by atoms with van der Waals surface area (Å²) in [4.78, 5) is 28.5. The highest BCUT2D eigenvalue weighted by Crippen LogP contribution is 2.39. The zero-order chi connectivity index (χ0) is 21.1. The molecular formula is C23H27N2O4+. The number of carbonyl (C=O) groups is 2. The monoisotopic (exact) mass is 395 g/mol. The van der Waals surface area contributed by atoms with Gasteiger partial charge in [0.1, 0.15) is 11.5 Å². The van der Waals surface area contributed by atoms with Crippen LogP contribution in [-0.4, -0.2) is 56.0 Å². The highest BCUT2D eigenvalue weighted by molar-refractivity contribution is 6.46. The summed E-state index contributed by atoms with van der Waals surface area (Å²) in [6.07, 6.45) is 0. The molecule has 0 radical (unpaired) electrons. The number of rotatable bonds is 6. The molecule has 2 aromatic rings. The normalized spacial score (nSPS) is 18.5. The molecule has 0 spiro atoms. The number of aliphatic hydroxyl groups is 1. The number of Topliss-reactive ketones (excluding diaryl/α,β-unsaturated/α-hetero) is 1. The lowest BCUT2D eigenvalue weighted by atomic mass is 9.95. The van der Waals surface area contributed by atoms with Crippen LogP contribution in [0.25, 0.3) is 5.76 Å². The van der Waals surface area contributed by atoms with Gasteiger partial charge in [0.05, 0.1) is 45.9 Å². The summed E-state index contributed by atoms with van der Waals surface area (Å²) in [5.74, 6) is -0.782. The summed E-state index contributed by atoms with van der Waals surface area (Å²) in [7, 11) is 5.55. The molecule has 2 aromatic carbocycles. The fraction of sp³-hybridized carbons (Fsp3) is 0.304. The van der Waals surface area contributed by atoms with Crippen LogP contribution in [0.5, 0.6) is 5.75 Å². The number of amides is 1. The van der Waals surface area contributed by atoms with Crippen LogP contribution in [0.1, 0.15) is 22.7 Å². The molecule has 2 N–H and O–H groups in total. The molecule has 6 heteroatoms. The second kappa shape index (κ2) is 8.49. The molecule has 1 fully saturated rings. The minimum Gasteiger partial charge on any atom is -0.507 e. The second-order valence-electron chi connectivity index (χ2n) is 7.59. The summed E-state index contributed by atoms with van der Waals surface area (Å²) in [5.41, 5.74) is 2.40. The zero-order valence-corrected chi connectivity index (χ0v) is 17.2. The zero-order valence-electron chi connectivity index (χ0n) is 17.2. The van der Waals surface area contributed by atoms with Crippen LogP contribution in [0.15, 0.2) is 54.1 Å². The molecule has 0 bridgehead atoms. The first-order chi connectivity index (χ1) is 13.8. The average Bonchev–Trinajstić information content (AvgIpc) is 2.97. The number of carbonyl (C=O) groups excluding carboxylic acids is 2. The maximum atomic E-state index is 12.9. The first kappa shape index (κ1) is 20.6. The molecule has 29 heavy (non-hydrogen) atoms. The molecule has 152 valence electrons. The molecule has 1 atom stereocenters. The van der Waals surface area contributed by atoms with Gasteiger partial charge in [-0.2, -0.15) is 0 Å². The van der Waals surface area contributed by atoms with E-state index in [2.05, 4.69) is 0 Å². The van der Waals surface area contributed by atoms with Crippen LogP contribution in [-0.2, 0) is 9.59 Å². The van der Waals surface area contributed by atoms with Crippen molar-refractivity contribution in [2.75, 3.05) is 34.3 Å².